The van der Waals surface area contributed by atoms with Crippen LogP contribution in [-0.4, -0.2) is 36.5 Å². The molecule has 0 radical (unpaired) electrons. The van der Waals surface area contributed by atoms with Gasteiger partial charge in [-0.2, -0.15) is 0 Å². The first-order valence-electron chi connectivity index (χ1n) is 11.1. The van der Waals surface area contributed by atoms with Crippen LogP contribution in [0.15, 0.2) is 18.2 Å². The summed E-state index contributed by atoms with van der Waals surface area (Å²) >= 11 is 0. The number of amides is 3. The summed E-state index contributed by atoms with van der Waals surface area (Å²) in [6, 6.07) is 4.57. The Morgan fingerprint density at radius 1 is 1.07 bits per heavy atom. The fraction of sp³-hybridized carbons (Fsp3) is 0.652. The molecule has 1 aliphatic heterocycles. The number of benzene rings is 1. The van der Waals surface area contributed by atoms with E-state index in [1.807, 2.05) is 0 Å². The molecule has 2 fully saturated rings. The second kappa shape index (κ2) is 10.6. The lowest BCUT2D eigenvalue weighted by Gasteiger charge is -2.32. The maximum Gasteiger partial charge on any atom is 0.321 e. The van der Waals surface area contributed by atoms with E-state index in [-0.39, 0.29) is 17.8 Å². The summed E-state index contributed by atoms with van der Waals surface area (Å²) in [6.07, 6.45) is 9.76. The summed E-state index contributed by atoms with van der Waals surface area (Å²) in [5.41, 5.74) is 1.05. The van der Waals surface area contributed by atoms with E-state index in [1.54, 1.807) is 24.0 Å². The summed E-state index contributed by atoms with van der Waals surface area (Å²) in [7, 11) is 0. The lowest BCUT2D eigenvalue weighted by molar-refractivity contribution is -0.121. The van der Waals surface area contributed by atoms with Gasteiger partial charge in [0.2, 0.25) is 5.91 Å². The van der Waals surface area contributed by atoms with E-state index in [9.17, 15) is 14.0 Å². The quantitative estimate of drug-likeness (QED) is 0.683. The molecule has 1 aromatic rings. The van der Waals surface area contributed by atoms with Gasteiger partial charge in [-0.25, -0.2) is 9.18 Å². The molecule has 1 saturated heterocycles. The number of nitrogens with one attached hydrogen (secondary N) is 2. The predicted octanol–water partition coefficient (Wildman–Crippen LogP) is 4.85. The number of urea groups is 1. The minimum atomic E-state index is -0.313. The summed E-state index contributed by atoms with van der Waals surface area (Å²) in [4.78, 5) is 26.2. The highest BCUT2D eigenvalue weighted by Crippen LogP contribution is 2.28. The van der Waals surface area contributed by atoms with Gasteiger partial charge in [-0.15, -0.1) is 0 Å². The van der Waals surface area contributed by atoms with Crippen LogP contribution in [-0.2, 0) is 4.79 Å². The van der Waals surface area contributed by atoms with E-state index in [1.165, 1.54) is 31.7 Å². The highest BCUT2D eigenvalue weighted by Gasteiger charge is 2.23. The number of anilines is 1. The molecular formula is C23H34FN3O2. The smallest absolute Gasteiger partial charge is 0.321 e. The lowest BCUT2D eigenvalue weighted by Crippen LogP contribution is -2.41. The second-order valence-electron chi connectivity index (χ2n) is 8.65. The molecule has 29 heavy (non-hydrogen) atoms. The Morgan fingerprint density at radius 2 is 1.76 bits per heavy atom. The highest BCUT2D eigenvalue weighted by molar-refractivity contribution is 5.89. The lowest BCUT2D eigenvalue weighted by atomic mass is 9.93. The zero-order chi connectivity index (χ0) is 20.6. The van der Waals surface area contributed by atoms with Crippen molar-refractivity contribution in [1.82, 2.24) is 10.2 Å². The molecule has 0 bridgehead atoms. The summed E-state index contributed by atoms with van der Waals surface area (Å²) in [5.74, 6) is 1.16. The van der Waals surface area contributed by atoms with E-state index in [2.05, 4.69) is 10.6 Å². The topological polar surface area (TPSA) is 61.4 Å². The number of hydrogen-bond acceptors (Lipinski definition) is 2. The summed E-state index contributed by atoms with van der Waals surface area (Å²) in [6.45, 7) is 3.81. The van der Waals surface area contributed by atoms with Crippen LogP contribution in [0.1, 0.15) is 63.4 Å². The maximum atomic E-state index is 13.6. The molecule has 6 heteroatoms. The Hall–Kier alpha value is -2.11. The minimum absolute atomic E-state index is 0.174. The zero-order valence-corrected chi connectivity index (χ0v) is 17.5. The third-order valence-electron chi connectivity index (χ3n) is 6.45. The molecule has 2 N–H and O–H groups in total. The Balaban J connectivity index is 1.30. The summed E-state index contributed by atoms with van der Waals surface area (Å²) in [5, 5.41) is 5.84. The van der Waals surface area contributed by atoms with Gasteiger partial charge in [0.15, 0.2) is 0 Å². The first-order chi connectivity index (χ1) is 14.0. The van der Waals surface area contributed by atoms with Crippen LogP contribution in [0, 0.1) is 24.6 Å². The third-order valence-corrected chi connectivity index (χ3v) is 6.45. The number of likely N-dealkylation sites (tertiary alicyclic amines) is 1. The van der Waals surface area contributed by atoms with Gasteiger partial charge in [-0.1, -0.05) is 31.7 Å². The van der Waals surface area contributed by atoms with Crippen LogP contribution < -0.4 is 10.6 Å². The van der Waals surface area contributed by atoms with Gasteiger partial charge >= 0.3 is 6.03 Å². The molecule has 1 aliphatic carbocycles. The number of rotatable bonds is 7. The van der Waals surface area contributed by atoms with Crippen LogP contribution >= 0.6 is 0 Å². The molecule has 1 saturated carbocycles. The normalized spacial score (nSPS) is 18.1. The van der Waals surface area contributed by atoms with Gasteiger partial charge < -0.3 is 15.5 Å². The Labute approximate surface area is 173 Å². The molecule has 5 nitrogen and oxygen atoms in total. The van der Waals surface area contributed by atoms with E-state index in [0.717, 1.165) is 38.1 Å². The molecule has 3 amide bonds. The van der Waals surface area contributed by atoms with Crippen LogP contribution in [0.5, 0.6) is 0 Å². The van der Waals surface area contributed by atoms with Crippen molar-refractivity contribution in [3.05, 3.63) is 29.6 Å². The predicted molar refractivity (Wildman–Crippen MR) is 113 cm³/mol. The molecule has 0 unspecified atom stereocenters. The SMILES string of the molecule is Cc1ccc(NC(=O)N2CCC(CCNC(=O)CCC3CCCC3)CC2)cc1F. The van der Waals surface area contributed by atoms with Gasteiger partial charge in [0.25, 0.3) is 0 Å². The maximum absolute atomic E-state index is 13.6. The zero-order valence-electron chi connectivity index (χ0n) is 17.5. The van der Waals surface area contributed by atoms with Crippen molar-refractivity contribution in [2.75, 3.05) is 25.0 Å². The van der Waals surface area contributed by atoms with Gasteiger partial charge in [-0.3, -0.25) is 4.79 Å². The van der Waals surface area contributed by atoms with Crippen molar-refractivity contribution >= 4 is 17.6 Å². The molecule has 160 valence electrons. The number of halogens is 1. The monoisotopic (exact) mass is 403 g/mol. The molecule has 2 aliphatic rings. The fourth-order valence-corrected chi connectivity index (χ4v) is 4.44. The summed E-state index contributed by atoms with van der Waals surface area (Å²) < 4.78 is 13.6. The van der Waals surface area contributed by atoms with Crippen molar-refractivity contribution in [2.45, 2.75) is 64.7 Å². The van der Waals surface area contributed by atoms with Crippen molar-refractivity contribution < 1.29 is 14.0 Å². The number of nitrogens with zero attached hydrogens (tertiary/aromatic N) is 1. The molecule has 3 rings (SSSR count). The number of piperidine rings is 1. The number of carbonyl (C=O) groups is 2. The molecule has 0 aromatic heterocycles. The van der Waals surface area contributed by atoms with Crippen LogP contribution in [0.25, 0.3) is 0 Å². The average molecular weight is 404 g/mol. The van der Waals surface area contributed by atoms with Crippen molar-refractivity contribution in [2.24, 2.45) is 11.8 Å². The minimum Gasteiger partial charge on any atom is -0.356 e. The van der Waals surface area contributed by atoms with Crippen molar-refractivity contribution in [3.8, 4) is 0 Å². The average Bonchev–Trinajstić information content (AvgIpc) is 3.23. The standard InChI is InChI=1S/C23H34FN3O2/c1-17-6-8-20(16-21(17)24)26-23(29)27-14-11-19(12-15-27)10-13-25-22(28)9-7-18-4-2-3-5-18/h6,8,16,18-19H,2-5,7,9-15H2,1H3,(H,25,28)(H,26,29). The van der Waals surface area contributed by atoms with Crippen LogP contribution in [0.3, 0.4) is 0 Å². The number of hydrogen-bond donors (Lipinski definition) is 2. The van der Waals surface area contributed by atoms with Crippen LogP contribution in [0.4, 0.5) is 14.9 Å². The van der Waals surface area contributed by atoms with E-state index < -0.39 is 0 Å². The van der Waals surface area contributed by atoms with Crippen molar-refractivity contribution in [3.63, 3.8) is 0 Å². The number of aryl methyl sites for hydroxylation is 1. The Kier molecular flexibility index (Phi) is 7.90. The highest BCUT2D eigenvalue weighted by atomic mass is 19.1. The second-order valence-corrected chi connectivity index (χ2v) is 8.65. The van der Waals surface area contributed by atoms with Crippen LogP contribution in [0.2, 0.25) is 0 Å². The van der Waals surface area contributed by atoms with Gasteiger partial charge in [0.05, 0.1) is 0 Å². The third kappa shape index (κ3) is 6.72. The number of carbonyl (C=O) groups excluding carboxylic acids is 2. The van der Waals surface area contributed by atoms with Gasteiger partial charge in [-0.05, 0) is 62.1 Å². The molecular weight excluding hydrogens is 369 g/mol. The molecule has 0 spiro atoms. The van der Waals surface area contributed by atoms with Gasteiger partial charge in [0, 0.05) is 31.7 Å². The van der Waals surface area contributed by atoms with Crippen molar-refractivity contribution in [1.29, 1.82) is 0 Å². The van der Waals surface area contributed by atoms with E-state index in [0.29, 0.717) is 36.7 Å². The van der Waals surface area contributed by atoms with Gasteiger partial charge in [0.1, 0.15) is 5.82 Å². The molecule has 1 aromatic carbocycles. The largest absolute Gasteiger partial charge is 0.356 e. The molecule has 1 heterocycles. The van der Waals surface area contributed by atoms with E-state index >= 15 is 0 Å². The molecule has 0 atom stereocenters. The van der Waals surface area contributed by atoms with E-state index in [4.69, 9.17) is 0 Å². The fourth-order valence-electron chi connectivity index (χ4n) is 4.44. The first kappa shape index (κ1) is 21.6. The Bertz CT molecular complexity index is 695. The first-order valence-corrected chi connectivity index (χ1v) is 11.1. The Morgan fingerprint density at radius 3 is 2.45 bits per heavy atom.